The van der Waals surface area contributed by atoms with E-state index in [4.69, 9.17) is 9.84 Å². The number of urea groups is 1. The predicted octanol–water partition coefficient (Wildman–Crippen LogP) is -0.0365. The first-order valence-electron chi connectivity index (χ1n) is 5.77. The molecule has 2 atom stereocenters. The van der Waals surface area contributed by atoms with Crippen molar-refractivity contribution >= 4 is 12.0 Å². The van der Waals surface area contributed by atoms with Crippen LogP contribution in [0.5, 0.6) is 0 Å². The van der Waals surface area contributed by atoms with Gasteiger partial charge in [0.15, 0.2) is 0 Å². The first kappa shape index (κ1) is 13.3. The maximum absolute atomic E-state index is 11.7. The number of rotatable bonds is 4. The SMILES string of the molecule is CC1(C(=O)O)COCC1NC(=O)NCc1ccon1. The number of hydrogen-bond donors (Lipinski definition) is 3. The van der Waals surface area contributed by atoms with Crippen molar-refractivity contribution in [1.29, 1.82) is 0 Å². The Hall–Kier alpha value is -2.09. The zero-order valence-electron chi connectivity index (χ0n) is 10.4. The van der Waals surface area contributed by atoms with Gasteiger partial charge in [0.25, 0.3) is 0 Å². The van der Waals surface area contributed by atoms with Crippen LogP contribution >= 0.6 is 0 Å². The van der Waals surface area contributed by atoms with Gasteiger partial charge in [-0.15, -0.1) is 0 Å². The minimum absolute atomic E-state index is 0.0799. The molecule has 1 aromatic rings. The monoisotopic (exact) mass is 269 g/mol. The molecular formula is C11H15N3O5. The maximum Gasteiger partial charge on any atom is 0.315 e. The second-order valence-electron chi connectivity index (χ2n) is 4.61. The van der Waals surface area contributed by atoms with Crippen molar-refractivity contribution in [2.45, 2.75) is 19.5 Å². The first-order chi connectivity index (χ1) is 9.02. The van der Waals surface area contributed by atoms with E-state index in [1.165, 1.54) is 6.26 Å². The number of carbonyl (C=O) groups excluding carboxylic acids is 1. The van der Waals surface area contributed by atoms with Gasteiger partial charge in [-0.3, -0.25) is 4.79 Å². The van der Waals surface area contributed by atoms with Crippen molar-refractivity contribution < 1.29 is 24.0 Å². The highest BCUT2D eigenvalue weighted by atomic mass is 16.5. The zero-order valence-corrected chi connectivity index (χ0v) is 10.4. The molecule has 1 aromatic heterocycles. The highest BCUT2D eigenvalue weighted by Gasteiger charge is 2.47. The largest absolute Gasteiger partial charge is 0.481 e. The average Bonchev–Trinajstić information content (AvgIpc) is 2.98. The molecule has 1 aliphatic rings. The van der Waals surface area contributed by atoms with E-state index < -0.39 is 23.5 Å². The van der Waals surface area contributed by atoms with Crippen LogP contribution in [0.15, 0.2) is 16.9 Å². The van der Waals surface area contributed by atoms with Gasteiger partial charge in [-0.2, -0.15) is 0 Å². The van der Waals surface area contributed by atoms with Gasteiger partial charge in [0, 0.05) is 6.07 Å². The van der Waals surface area contributed by atoms with Crippen LogP contribution in [0, 0.1) is 5.41 Å². The molecule has 104 valence electrons. The van der Waals surface area contributed by atoms with Crippen LogP contribution in [-0.2, 0) is 16.1 Å². The van der Waals surface area contributed by atoms with Crippen molar-refractivity contribution in [1.82, 2.24) is 15.8 Å². The van der Waals surface area contributed by atoms with Crippen molar-refractivity contribution in [2.75, 3.05) is 13.2 Å². The van der Waals surface area contributed by atoms with Crippen LogP contribution in [0.3, 0.4) is 0 Å². The molecule has 1 saturated heterocycles. The van der Waals surface area contributed by atoms with Crippen LogP contribution in [0.25, 0.3) is 0 Å². The average molecular weight is 269 g/mol. The Balaban J connectivity index is 1.86. The van der Waals surface area contributed by atoms with Crippen molar-refractivity contribution in [3.63, 3.8) is 0 Å². The molecule has 1 fully saturated rings. The Bertz CT molecular complexity index is 461. The highest BCUT2D eigenvalue weighted by Crippen LogP contribution is 2.28. The lowest BCUT2D eigenvalue weighted by Crippen LogP contribution is -2.52. The molecule has 0 aromatic carbocycles. The second-order valence-corrected chi connectivity index (χ2v) is 4.61. The number of nitrogens with zero attached hydrogens (tertiary/aromatic N) is 1. The lowest BCUT2D eigenvalue weighted by atomic mass is 9.85. The van der Waals surface area contributed by atoms with Crippen molar-refractivity contribution in [2.24, 2.45) is 5.41 Å². The number of carbonyl (C=O) groups is 2. The van der Waals surface area contributed by atoms with Gasteiger partial charge in [0.1, 0.15) is 17.4 Å². The summed E-state index contributed by atoms with van der Waals surface area (Å²) in [5.41, 5.74) is -0.524. The molecule has 0 spiro atoms. The maximum atomic E-state index is 11.7. The minimum Gasteiger partial charge on any atom is -0.481 e. The van der Waals surface area contributed by atoms with Gasteiger partial charge < -0.3 is 25.0 Å². The fraction of sp³-hybridized carbons (Fsp3) is 0.545. The first-order valence-corrected chi connectivity index (χ1v) is 5.77. The van der Waals surface area contributed by atoms with Crippen LogP contribution < -0.4 is 10.6 Å². The summed E-state index contributed by atoms with van der Waals surface area (Å²) in [7, 11) is 0. The number of carboxylic acids is 1. The fourth-order valence-electron chi connectivity index (χ4n) is 1.79. The molecule has 8 heteroatoms. The Morgan fingerprint density at radius 2 is 2.42 bits per heavy atom. The van der Waals surface area contributed by atoms with Crippen LogP contribution in [0.2, 0.25) is 0 Å². The molecular weight excluding hydrogens is 254 g/mol. The zero-order chi connectivity index (χ0) is 13.9. The van der Waals surface area contributed by atoms with Crippen LogP contribution in [0.1, 0.15) is 12.6 Å². The molecule has 2 rings (SSSR count). The summed E-state index contributed by atoms with van der Waals surface area (Å²) < 4.78 is 9.76. The van der Waals surface area contributed by atoms with Gasteiger partial charge in [0.2, 0.25) is 0 Å². The van der Waals surface area contributed by atoms with E-state index in [1.807, 2.05) is 0 Å². The van der Waals surface area contributed by atoms with E-state index in [1.54, 1.807) is 13.0 Å². The molecule has 19 heavy (non-hydrogen) atoms. The molecule has 2 unspecified atom stereocenters. The summed E-state index contributed by atoms with van der Waals surface area (Å²) in [4.78, 5) is 22.9. The summed E-state index contributed by atoms with van der Waals surface area (Å²) in [6.45, 7) is 2.02. The molecule has 1 aliphatic heterocycles. The number of ether oxygens (including phenoxy) is 1. The van der Waals surface area contributed by atoms with E-state index >= 15 is 0 Å². The molecule has 0 bridgehead atoms. The van der Waals surface area contributed by atoms with E-state index in [0.29, 0.717) is 5.69 Å². The molecule has 2 amide bonds. The molecule has 2 heterocycles. The molecule has 0 aliphatic carbocycles. The number of hydrogen-bond acceptors (Lipinski definition) is 5. The third-order valence-electron chi connectivity index (χ3n) is 3.17. The van der Waals surface area contributed by atoms with Crippen LogP contribution in [0.4, 0.5) is 4.79 Å². The topological polar surface area (TPSA) is 114 Å². The molecule has 0 saturated carbocycles. The summed E-state index contributed by atoms with van der Waals surface area (Å²) in [6, 6.07) is 0.591. The van der Waals surface area contributed by atoms with E-state index in [9.17, 15) is 9.59 Å². The number of aliphatic carboxylic acids is 1. The quantitative estimate of drug-likeness (QED) is 0.707. The van der Waals surface area contributed by atoms with Gasteiger partial charge in [-0.05, 0) is 6.92 Å². The Kier molecular flexibility index (Phi) is 3.70. The molecule has 8 nitrogen and oxygen atoms in total. The van der Waals surface area contributed by atoms with E-state index in [-0.39, 0.29) is 19.8 Å². The number of aromatic nitrogens is 1. The van der Waals surface area contributed by atoms with Crippen molar-refractivity contribution in [3.05, 3.63) is 18.0 Å². The van der Waals surface area contributed by atoms with Crippen molar-refractivity contribution in [3.8, 4) is 0 Å². The molecule has 3 N–H and O–H groups in total. The fourth-order valence-corrected chi connectivity index (χ4v) is 1.79. The number of carboxylic acid groups (broad SMARTS) is 1. The lowest BCUT2D eigenvalue weighted by Gasteiger charge is -2.25. The van der Waals surface area contributed by atoms with Gasteiger partial charge in [0.05, 0.1) is 25.8 Å². The predicted molar refractivity (Wildman–Crippen MR) is 62.2 cm³/mol. The Morgan fingerprint density at radius 3 is 3.05 bits per heavy atom. The minimum atomic E-state index is -1.11. The lowest BCUT2D eigenvalue weighted by molar-refractivity contribution is -0.148. The standard InChI is InChI=1S/C11H15N3O5/c1-11(9(15)16)6-18-5-8(11)13-10(17)12-4-7-2-3-19-14-7/h2-3,8H,4-6H2,1H3,(H,15,16)(H2,12,13,17). The third-order valence-corrected chi connectivity index (χ3v) is 3.17. The summed E-state index contributed by atoms with van der Waals surface area (Å²) in [6.07, 6.45) is 1.40. The summed E-state index contributed by atoms with van der Waals surface area (Å²) in [5.74, 6) is -0.994. The third kappa shape index (κ3) is 2.84. The van der Waals surface area contributed by atoms with Gasteiger partial charge in [-0.25, -0.2) is 4.79 Å². The van der Waals surface area contributed by atoms with E-state index in [0.717, 1.165) is 0 Å². The Labute approximate surface area is 109 Å². The highest BCUT2D eigenvalue weighted by molar-refractivity contribution is 5.79. The van der Waals surface area contributed by atoms with E-state index in [2.05, 4.69) is 20.3 Å². The molecule has 0 radical (unpaired) electrons. The van der Waals surface area contributed by atoms with Crippen LogP contribution in [-0.4, -0.2) is 41.5 Å². The summed E-state index contributed by atoms with van der Waals surface area (Å²) in [5, 5.41) is 18.0. The second kappa shape index (κ2) is 5.27. The normalized spacial score (nSPS) is 26.1. The number of amides is 2. The van der Waals surface area contributed by atoms with Gasteiger partial charge >= 0.3 is 12.0 Å². The summed E-state index contributed by atoms with van der Waals surface area (Å²) >= 11 is 0. The number of nitrogens with one attached hydrogen (secondary N) is 2. The Morgan fingerprint density at radius 1 is 1.63 bits per heavy atom. The van der Waals surface area contributed by atoms with Gasteiger partial charge in [-0.1, -0.05) is 5.16 Å². The smallest absolute Gasteiger partial charge is 0.315 e.